The van der Waals surface area contributed by atoms with Crippen molar-refractivity contribution in [2.24, 2.45) is 0 Å². The highest BCUT2D eigenvalue weighted by Crippen LogP contribution is 2.30. The summed E-state index contributed by atoms with van der Waals surface area (Å²) < 4.78 is 43.2. The molecule has 0 radical (unpaired) electrons. The normalized spacial score (nSPS) is 11.3. The number of pyridine rings is 2. The summed E-state index contributed by atoms with van der Waals surface area (Å²) in [7, 11) is 0. The van der Waals surface area contributed by atoms with E-state index in [4.69, 9.17) is 4.74 Å². The van der Waals surface area contributed by atoms with Gasteiger partial charge in [-0.1, -0.05) is 18.2 Å². The summed E-state index contributed by atoms with van der Waals surface area (Å²) in [6, 6.07) is 17.4. The second kappa shape index (κ2) is 7.82. The number of ether oxygens (including phenoxy) is 1. The minimum atomic E-state index is -4.46. The average Bonchev–Trinajstić information content (AvgIpc) is 2.74. The third-order valence-corrected chi connectivity index (χ3v) is 4.28. The number of fused-ring (bicyclic) bond motifs is 1. The maximum Gasteiger partial charge on any atom is 0.417 e. The number of hydrogen-bond donors (Lipinski definition) is 1. The lowest BCUT2D eigenvalue weighted by atomic mass is 10.1. The molecule has 2 aromatic carbocycles. The zero-order chi connectivity index (χ0) is 21.1. The van der Waals surface area contributed by atoms with Crippen molar-refractivity contribution in [3.05, 3.63) is 90.3 Å². The van der Waals surface area contributed by atoms with Gasteiger partial charge in [0.1, 0.15) is 5.75 Å². The molecular formula is C22H14F3N3O2. The lowest BCUT2D eigenvalue weighted by molar-refractivity contribution is -0.137. The molecule has 8 heteroatoms. The Hall–Kier alpha value is -3.94. The van der Waals surface area contributed by atoms with E-state index in [0.717, 1.165) is 17.5 Å². The molecule has 2 aromatic heterocycles. The molecule has 0 aliphatic heterocycles. The van der Waals surface area contributed by atoms with E-state index in [9.17, 15) is 18.0 Å². The third kappa shape index (κ3) is 4.22. The molecule has 4 rings (SSSR count). The van der Waals surface area contributed by atoms with Crippen molar-refractivity contribution >= 4 is 22.5 Å². The van der Waals surface area contributed by atoms with Gasteiger partial charge in [-0.05, 0) is 42.5 Å². The Labute approximate surface area is 169 Å². The number of benzene rings is 2. The zero-order valence-electron chi connectivity index (χ0n) is 15.4. The van der Waals surface area contributed by atoms with Crippen LogP contribution in [-0.4, -0.2) is 15.9 Å². The van der Waals surface area contributed by atoms with Crippen molar-refractivity contribution in [3.8, 4) is 11.6 Å². The first-order valence-electron chi connectivity index (χ1n) is 8.86. The molecule has 0 saturated carbocycles. The van der Waals surface area contributed by atoms with Crippen molar-refractivity contribution in [1.82, 2.24) is 9.97 Å². The van der Waals surface area contributed by atoms with E-state index < -0.39 is 11.7 Å². The van der Waals surface area contributed by atoms with Gasteiger partial charge in [0.05, 0.1) is 16.8 Å². The molecular weight excluding hydrogens is 395 g/mol. The van der Waals surface area contributed by atoms with E-state index >= 15 is 0 Å². The van der Waals surface area contributed by atoms with Crippen LogP contribution in [0.2, 0.25) is 0 Å². The maximum atomic E-state index is 12.6. The molecule has 0 unspecified atom stereocenters. The van der Waals surface area contributed by atoms with Crippen molar-refractivity contribution in [3.63, 3.8) is 0 Å². The van der Waals surface area contributed by atoms with Crippen molar-refractivity contribution < 1.29 is 22.7 Å². The molecule has 1 amide bonds. The number of para-hydroxylation sites is 1. The quantitative estimate of drug-likeness (QED) is 0.470. The first kappa shape index (κ1) is 19.4. The molecule has 2 heterocycles. The van der Waals surface area contributed by atoms with Crippen LogP contribution in [-0.2, 0) is 6.18 Å². The van der Waals surface area contributed by atoms with Gasteiger partial charge in [0.15, 0.2) is 0 Å². The molecule has 0 saturated heterocycles. The molecule has 30 heavy (non-hydrogen) atoms. The van der Waals surface area contributed by atoms with Crippen LogP contribution < -0.4 is 10.1 Å². The molecule has 4 aromatic rings. The monoisotopic (exact) mass is 409 g/mol. The first-order valence-corrected chi connectivity index (χ1v) is 8.86. The number of carbonyl (C=O) groups excluding carboxylic acids is 1. The number of nitrogens with zero attached hydrogens (tertiary/aromatic N) is 2. The van der Waals surface area contributed by atoms with E-state index in [1.807, 2.05) is 24.3 Å². The van der Waals surface area contributed by atoms with Gasteiger partial charge < -0.3 is 10.1 Å². The Bertz CT molecular complexity index is 1190. The van der Waals surface area contributed by atoms with Crippen molar-refractivity contribution in [2.75, 3.05) is 5.32 Å². The summed E-state index contributed by atoms with van der Waals surface area (Å²) >= 11 is 0. The molecule has 1 N–H and O–H groups in total. The molecule has 0 spiro atoms. The number of amides is 1. The summed E-state index contributed by atoms with van der Waals surface area (Å²) in [5.41, 5.74) is 0.800. The molecule has 0 aliphatic rings. The van der Waals surface area contributed by atoms with E-state index in [-0.39, 0.29) is 11.8 Å². The topological polar surface area (TPSA) is 64.1 Å². The number of rotatable bonds is 4. The lowest BCUT2D eigenvalue weighted by Gasteiger charge is -2.10. The summed E-state index contributed by atoms with van der Waals surface area (Å²) in [5.74, 6) is 0.0278. The van der Waals surface area contributed by atoms with Crippen LogP contribution in [0.4, 0.5) is 18.9 Å². The predicted octanol–water partition coefficient (Wildman–Crippen LogP) is 5.69. The fourth-order valence-corrected chi connectivity index (χ4v) is 2.80. The molecule has 150 valence electrons. The highest BCUT2D eigenvalue weighted by molar-refractivity contribution is 6.08. The van der Waals surface area contributed by atoms with E-state index in [2.05, 4.69) is 15.3 Å². The standard InChI is InChI=1S/C22H14F3N3O2/c23-22(24,25)16-8-11-19(27-13-16)30-17-9-6-15(7-10-17)21(29)28-18-5-1-3-14-4-2-12-26-20(14)18/h1-13H,(H,28,29). The molecule has 0 bridgehead atoms. The van der Waals surface area contributed by atoms with Crippen LogP contribution >= 0.6 is 0 Å². The van der Waals surface area contributed by atoms with E-state index in [0.29, 0.717) is 28.7 Å². The number of nitrogens with one attached hydrogen (secondary N) is 1. The van der Waals surface area contributed by atoms with Crippen molar-refractivity contribution in [2.45, 2.75) is 6.18 Å². The van der Waals surface area contributed by atoms with Gasteiger partial charge in [-0.2, -0.15) is 13.2 Å². The first-order chi connectivity index (χ1) is 14.4. The van der Waals surface area contributed by atoms with Crippen LogP contribution in [0.15, 0.2) is 79.1 Å². The number of halogens is 3. The zero-order valence-corrected chi connectivity index (χ0v) is 15.4. The van der Waals surface area contributed by atoms with Gasteiger partial charge in [0.2, 0.25) is 5.88 Å². The maximum absolute atomic E-state index is 12.6. The second-order valence-corrected chi connectivity index (χ2v) is 6.34. The molecule has 0 atom stereocenters. The lowest BCUT2D eigenvalue weighted by Crippen LogP contribution is -2.12. The largest absolute Gasteiger partial charge is 0.439 e. The summed E-state index contributed by atoms with van der Waals surface area (Å²) in [6.45, 7) is 0. The number of carbonyl (C=O) groups is 1. The molecule has 0 aliphatic carbocycles. The van der Waals surface area contributed by atoms with Crippen LogP contribution in [0.1, 0.15) is 15.9 Å². The Morgan fingerprint density at radius 1 is 0.900 bits per heavy atom. The van der Waals surface area contributed by atoms with Gasteiger partial charge in [-0.25, -0.2) is 4.98 Å². The van der Waals surface area contributed by atoms with Gasteiger partial charge in [-0.3, -0.25) is 9.78 Å². The van der Waals surface area contributed by atoms with Crippen molar-refractivity contribution in [1.29, 1.82) is 0 Å². The number of anilines is 1. The van der Waals surface area contributed by atoms with Gasteiger partial charge >= 0.3 is 6.18 Å². The highest BCUT2D eigenvalue weighted by Gasteiger charge is 2.30. The van der Waals surface area contributed by atoms with Gasteiger partial charge in [-0.15, -0.1) is 0 Å². The predicted molar refractivity (Wildman–Crippen MR) is 105 cm³/mol. The Kier molecular flexibility index (Phi) is 5.05. The number of hydrogen-bond acceptors (Lipinski definition) is 4. The summed E-state index contributed by atoms with van der Waals surface area (Å²) in [6.07, 6.45) is -2.10. The third-order valence-electron chi connectivity index (χ3n) is 4.28. The minimum absolute atomic E-state index is 0.0158. The van der Waals surface area contributed by atoms with Crippen LogP contribution in [0, 0.1) is 0 Å². The number of alkyl halides is 3. The summed E-state index contributed by atoms with van der Waals surface area (Å²) in [4.78, 5) is 20.5. The Morgan fingerprint density at radius 3 is 2.37 bits per heavy atom. The van der Waals surface area contributed by atoms with Crippen LogP contribution in [0.5, 0.6) is 11.6 Å². The SMILES string of the molecule is O=C(Nc1cccc2cccnc12)c1ccc(Oc2ccc(C(F)(F)F)cn2)cc1. The second-order valence-electron chi connectivity index (χ2n) is 6.34. The fraction of sp³-hybridized carbons (Fsp3) is 0.0455. The average molecular weight is 409 g/mol. The highest BCUT2D eigenvalue weighted by atomic mass is 19.4. The Morgan fingerprint density at radius 2 is 1.67 bits per heavy atom. The molecule has 5 nitrogen and oxygen atoms in total. The van der Waals surface area contributed by atoms with Crippen LogP contribution in [0.25, 0.3) is 10.9 Å². The van der Waals surface area contributed by atoms with Gasteiger partial charge in [0.25, 0.3) is 5.91 Å². The minimum Gasteiger partial charge on any atom is -0.439 e. The number of aromatic nitrogens is 2. The molecule has 0 fully saturated rings. The fourth-order valence-electron chi connectivity index (χ4n) is 2.80. The van der Waals surface area contributed by atoms with Crippen LogP contribution in [0.3, 0.4) is 0 Å². The Balaban J connectivity index is 1.46. The van der Waals surface area contributed by atoms with E-state index in [1.54, 1.807) is 24.4 Å². The smallest absolute Gasteiger partial charge is 0.417 e. The van der Waals surface area contributed by atoms with E-state index in [1.165, 1.54) is 12.1 Å². The van der Waals surface area contributed by atoms with Gasteiger partial charge in [0, 0.05) is 29.4 Å². The summed E-state index contributed by atoms with van der Waals surface area (Å²) in [5, 5.41) is 3.74.